The molecule has 4 rings (SSSR count). The molecule has 1 fully saturated rings. The summed E-state index contributed by atoms with van der Waals surface area (Å²) in [5.41, 5.74) is 4.54. The number of halogens is 3. The molecule has 1 aliphatic rings. The molecule has 1 atom stereocenters. The van der Waals surface area contributed by atoms with Gasteiger partial charge in [-0.1, -0.05) is 11.6 Å². The summed E-state index contributed by atoms with van der Waals surface area (Å²) in [5.74, 6) is -4.21. The molecular weight excluding hydrogens is 437 g/mol. The van der Waals surface area contributed by atoms with E-state index in [1.807, 2.05) is 0 Å². The molecule has 3 N–H and O–H groups in total. The summed E-state index contributed by atoms with van der Waals surface area (Å²) in [6.07, 6.45) is 1.67. The van der Waals surface area contributed by atoms with E-state index in [2.05, 4.69) is 20.8 Å². The van der Waals surface area contributed by atoms with E-state index in [4.69, 9.17) is 9.83 Å². The van der Waals surface area contributed by atoms with Crippen molar-refractivity contribution in [2.75, 3.05) is 23.8 Å². The van der Waals surface area contributed by atoms with Crippen LogP contribution >= 0.6 is 0 Å². The number of likely N-dealkylation sites (tertiary alicyclic amines) is 1. The van der Waals surface area contributed by atoms with Crippen molar-refractivity contribution in [2.24, 2.45) is 5.10 Å². The van der Waals surface area contributed by atoms with Gasteiger partial charge in [0.15, 0.2) is 5.58 Å². The maximum absolute atomic E-state index is 14.7. The van der Waals surface area contributed by atoms with Gasteiger partial charge in [0.1, 0.15) is 17.4 Å². The number of amides is 1. The fourth-order valence-corrected chi connectivity index (χ4v) is 3.71. The maximum atomic E-state index is 14.7. The number of hydrogen-bond donors (Lipinski definition) is 3. The molecular formula is C22H21F3N6O2. The van der Waals surface area contributed by atoms with Crippen molar-refractivity contribution in [3.63, 3.8) is 0 Å². The zero-order valence-electron chi connectivity index (χ0n) is 17.6. The third-order valence-electron chi connectivity index (χ3n) is 5.35. The number of benzene rings is 2. The van der Waals surface area contributed by atoms with Gasteiger partial charge in [-0.05, 0) is 31.2 Å². The normalized spacial score (nSPS) is 17.6. The van der Waals surface area contributed by atoms with Crippen LogP contribution in [0.2, 0.25) is 0 Å². The second-order valence-electron chi connectivity index (χ2n) is 7.64. The minimum atomic E-state index is -3.13. The quantitative estimate of drug-likeness (QED) is 0.362. The van der Waals surface area contributed by atoms with E-state index in [9.17, 15) is 18.0 Å². The number of carbonyl (C=O) groups excluding carboxylic acids is 1. The predicted molar refractivity (Wildman–Crippen MR) is 119 cm³/mol. The average Bonchev–Trinajstić information content (AvgIpc) is 3.31. The summed E-state index contributed by atoms with van der Waals surface area (Å²) in [7, 11) is 0. The monoisotopic (exact) mass is 458 g/mol. The summed E-state index contributed by atoms with van der Waals surface area (Å²) in [4.78, 5) is 18.5. The van der Waals surface area contributed by atoms with Crippen molar-refractivity contribution in [3.05, 3.63) is 53.3 Å². The molecule has 1 unspecified atom stereocenters. The molecule has 0 saturated carbocycles. The number of aryl methyl sites for hydroxylation is 1. The maximum Gasteiger partial charge on any atom is 0.295 e. The smallest absolute Gasteiger partial charge is 0.295 e. The summed E-state index contributed by atoms with van der Waals surface area (Å²) in [6, 6.07) is 7.29. The highest BCUT2D eigenvalue weighted by Gasteiger charge is 2.51. The molecule has 3 aromatic rings. The fraction of sp³-hybridized carbons (Fsp3) is 0.273. The number of fused-ring (bicyclic) bond motifs is 1. The number of carbonyl (C=O) groups is 1. The molecule has 1 amide bonds. The number of alkyl halides is 2. The Labute approximate surface area is 187 Å². The minimum absolute atomic E-state index is 0.0374. The van der Waals surface area contributed by atoms with Crippen molar-refractivity contribution in [1.82, 2.24) is 9.88 Å². The van der Waals surface area contributed by atoms with Crippen LogP contribution in [0.4, 0.5) is 24.9 Å². The van der Waals surface area contributed by atoms with Crippen LogP contribution in [0.1, 0.15) is 22.3 Å². The summed E-state index contributed by atoms with van der Waals surface area (Å²) in [5, 5.41) is 13.5. The minimum Gasteiger partial charge on any atom is -0.423 e. The molecule has 1 aliphatic heterocycles. The number of anilines is 2. The highest BCUT2D eigenvalue weighted by Crippen LogP contribution is 2.36. The number of rotatable bonds is 7. The Morgan fingerprint density at radius 2 is 2.18 bits per heavy atom. The van der Waals surface area contributed by atoms with E-state index in [0.29, 0.717) is 11.2 Å². The SMILES string of the molecule is Cc1ccc(NN=CC=N)c(C(=O)N2CCC(F)(F)C2CNc2nc3ccc(F)cc3o2)c1. The van der Waals surface area contributed by atoms with E-state index in [0.717, 1.165) is 22.7 Å². The van der Waals surface area contributed by atoms with Gasteiger partial charge in [-0.2, -0.15) is 10.1 Å². The first-order valence-electron chi connectivity index (χ1n) is 10.2. The van der Waals surface area contributed by atoms with E-state index in [1.165, 1.54) is 18.3 Å². The second kappa shape index (κ2) is 8.93. The number of nitrogens with one attached hydrogen (secondary N) is 3. The van der Waals surface area contributed by atoms with Gasteiger partial charge < -0.3 is 20.0 Å². The zero-order valence-corrected chi connectivity index (χ0v) is 17.6. The average molecular weight is 458 g/mol. The van der Waals surface area contributed by atoms with Crippen LogP contribution in [0.15, 0.2) is 45.9 Å². The van der Waals surface area contributed by atoms with Crippen LogP contribution in [0.5, 0.6) is 0 Å². The van der Waals surface area contributed by atoms with Crippen LogP contribution in [-0.4, -0.2) is 53.3 Å². The Hall–Kier alpha value is -3.89. The van der Waals surface area contributed by atoms with Crippen LogP contribution in [0, 0.1) is 18.2 Å². The first-order valence-corrected chi connectivity index (χ1v) is 10.2. The molecule has 0 bridgehead atoms. The molecule has 2 aromatic carbocycles. The van der Waals surface area contributed by atoms with E-state index in [-0.39, 0.29) is 30.3 Å². The molecule has 0 spiro atoms. The summed E-state index contributed by atoms with van der Waals surface area (Å²) >= 11 is 0. The van der Waals surface area contributed by atoms with Crippen molar-refractivity contribution in [2.45, 2.75) is 25.3 Å². The molecule has 2 heterocycles. The van der Waals surface area contributed by atoms with Gasteiger partial charge in [0.2, 0.25) is 0 Å². The van der Waals surface area contributed by atoms with Gasteiger partial charge in [-0.15, -0.1) is 0 Å². The largest absolute Gasteiger partial charge is 0.423 e. The molecule has 172 valence electrons. The number of oxazole rings is 1. The Morgan fingerprint density at radius 3 is 2.97 bits per heavy atom. The topological polar surface area (TPSA) is 107 Å². The lowest BCUT2D eigenvalue weighted by molar-refractivity contribution is -0.0249. The van der Waals surface area contributed by atoms with Crippen LogP contribution in [0.25, 0.3) is 11.1 Å². The number of hydrogen-bond acceptors (Lipinski definition) is 7. The standard InChI is InChI=1S/C22H21F3N6O2/c1-13-2-4-16(30-28-8-7-26)15(10-13)20(32)31-9-6-22(24,25)19(31)12-27-21-29-17-5-3-14(23)11-18(17)33-21/h2-5,7-8,10-11,19,26,30H,6,9,12H2,1H3,(H,27,29). The van der Waals surface area contributed by atoms with Gasteiger partial charge in [0, 0.05) is 31.8 Å². The molecule has 0 radical (unpaired) electrons. The highest BCUT2D eigenvalue weighted by atomic mass is 19.3. The van der Waals surface area contributed by atoms with E-state index in [1.54, 1.807) is 25.1 Å². The number of nitrogens with zero attached hydrogens (tertiary/aromatic N) is 3. The van der Waals surface area contributed by atoms with E-state index < -0.39 is 30.1 Å². The van der Waals surface area contributed by atoms with Crippen molar-refractivity contribution >= 4 is 41.1 Å². The predicted octanol–water partition coefficient (Wildman–Crippen LogP) is 4.28. The van der Waals surface area contributed by atoms with Crippen LogP contribution in [0.3, 0.4) is 0 Å². The van der Waals surface area contributed by atoms with E-state index >= 15 is 0 Å². The van der Waals surface area contributed by atoms with Gasteiger partial charge in [0.25, 0.3) is 17.8 Å². The molecule has 1 saturated heterocycles. The first-order chi connectivity index (χ1) is 15.8. The molecule has 33 heavy (non-hydrogen) atoms. The van der Waals surface area contributed by atoms with Gasteiger partial charge in [0.05, 0.1) is 17.5 Å². The van der Waals surface area contributed by atoms with Crippen molar-refractivity contribution in [3.8, 4) is 0 Å². The second-order valence-corrected chi connectivity index (χ2v) is 7.64. The Kier molecular flexibility index (Phi) is 6.03. The van der Waals surface area contributed by atoms with Gasteiger partial charge in [-0.25, -0.2) is 13.2 Å². The lowest BCUT2D eigenvalue weighted by atomic mass is 10.1. The summed E-state index contributed by atoms with van der Waals surface area (Å²) in [6.45, 7) is 1.35. The highest BCUT2D eigenvalue weighted by molar-refractivity contribution is 6.14. The van der Waals surface area contributed by atoms with Gasteiger partial charge >= 0.3 is 0 Å². The molecule has 1 aromatic heterocycles. The lowest BCUT2D eigenvalue weighted by Gasteiger charge is -2.28. The number of hydrazone groups is 1. The Balaban J connectivity index is 1.56. The lowest BCUT2D eigenvalue weighted by Crippen LogP contribution is -2.47. The molecule has 0 aliphatic carbocycles. The van der Waals surface area contributed by atoms with Crippen molar-refractivity contribution < 1.29 is 22.4 Å². The zero-order chi connectivity index (χ0) is 23.6. The Morgan fingerprint density at radius 1 is 1.36 bits per heavy atom. The Bertz CT molecular complexity index is 1230. The van der Waals surface area contributed by atoms with Crippen LogP contribution < -0.4 is 10.7 Å². The van der Waals surface area contributed by atoms with Crippen LogP contribution in [-0.2, 0) is 0 Å². The third-order valence-corrected chi connectivity index (χ3v) is 5.35. The first kappa shape index (κ1) is 22.3. The summed E-state index contributed by atoms with van der Waals surface area (Å²) < 4.78 is 48.2. The fourth-order valence-electron chi connectivity index (χ4n) is 3.71. The van der Waals surface area contributed by atoms with Crippen molar-refractivity contribution in [1.29, 1.82) is 5.41 Å². The molecule has 11 heteroatoms. The third kappa shape index (κ3) is 4.66. The molecule has 8 nitrogen and oxygen atoms in total. The number of aromatic nitrogens is 1. The van der Waals surface area contributed by atoms with Gasteiger partial charge in [-0.3, -0.25) is 10.2 Å².